The topological polar surface area (TPSA) is 214 Å². The number of alkyl halides is 4. The molecule has 2 aliphatic carbocycles. The molecule has 0 saturated heterocycles. The second kappa shape index (κ2) is 14.4. The highest BCUT2D eigenvalue weighted by atomic mass is 19.3. The summed E-state index contributed by atoms with van der Waals surface area (Å²) in [6.07, 6.45) is 6.28. The molecule has 8 N–H and O–H groups in total. The molecule has 2 fully saturated rings. The van der Waals surface area contributed by atoms with Gasteiger partial charge in [0, 0.05) is 48.8 Å². The average Bonchev–Trinajstić information content (AvgIpc) is 3.67. The van der Waals surface area contributed by atoms with E-state index in [-0.39, 0.29) is 24.9 Å². The molecule has 0 aliphatic heterocycles. The smallest absolute Gasteiger partial charge is 0.257 e. The van der Waals surface area contributed by atoms with Crippen molar-refractivity contribution in [3.8, 4) is 0 Å². The van der Waals surface area contributed by atoms with Gasteiger partial charge in [0.05, 0.1) is 58.6 Å². The van der Waals surface area contributed by atoms with Crippen LogP contribution >= 0.6 is 0 Å². The van der Waals surface area contributed by atoms with Crippen LogP contribution in [0.4, 0.5) is 52.7 Å². The van der Waals surface area contributed by atoms with Gasteiger partial charge in [0.15, 0.2) is 11.6 Å². The normalized spacial score (nSPS) is 18.5. The third-order valence-corrected chi connectivity index (χ3v) is 10.0. The predicted octanol–water partition coefficient (Wildman–Crippen LogP) is 8.23. The minimum atomic E-state index is -2.63. The second-order valence-corrected chi connectivity index (χ2v) is 14.3. The fourth-order valence-electron chi connectivity index (χ4n) is 6.52. The van der Waals surface area contributed by atoms with Gasteiger partial charge in [-0.1, -0.05) is 12.1 Å². The summed E-state index contributed by atoms with van der Waals surface area (Å²) in [6.45, 7) is 4.02. The maximum atomic E-state index is 13.2. The van der Waals surface area contributed by atoms with Crippen molar-refractivity contribution in [3.63, 3.8) is 0 Å². The van der Waals surface area contributed by atoms with Crippen molar-refractivity contribution in [2.45, 2.75) is 62.5 Å². The minimum absolute atomic E-state index is 0.0352. The van der Waals surface area contributed by atoms with Gasteiger partial charge in [-0.2, -0.15) is 20.2 Å². The van der Waals surface area contributed by atoms with Gasteiger partial charge >= 0.3 is 0 Å². The van der Waals surface area contributed by atoms with Crippen molar-refractivity contribution >= 4 is 57.2 Å². The number of aromatic nitrogens is 12. The maximum absolute atomic E-state index is 13.2. The molecule has 2 saturated carbocycles. The van der Waals surface area contributed by atoms with E-state index in [4.69, 9.17) is 0 Å². The number of hydrogen-bond acceptors (Lipinski definition) is 12. The van der Waals surface area contributed by atoms with Gasteiger partial charge in [0.1, 0.15) is 11.6 Å². The fraction of sp³-hybridized carbons (Fsp3) is 0.263. The quantitative estimate of drug-likeness (QED) is 0.0550. The predicted molar refractivity (Wildman–Crippen MR) is 209 cm³/mol. The van der Waals surface area contributed by atoms with Crippen LogP contribution < -0.4 is 21.3 Å². The van der Waals surface area contributed by atoms with Gasteiger partial charge in [-0.15, -0.1) is 0 Å². The van der Waals surface area contributed by atoms with Crippen molar-refractivity contribution in [3.05, 3.63) is 108 Å². The lowest BCUT2D eigenvalue weighted by atomic mass is 10.1. The highest BCUT2D eigenvalue weighted by Gasteiger charge is 2.59. The zero-order chi connectivity index (χ0) is 40.0. The first-order chi connectivity index (χ1) is 28.0. The molecular formula is C38H36F4N16. The van der Waals surface area contributed by atoms with E-state index in [2.05, 4.69) is 81.5 Å². The van der Waals surface area contributed by atoms with Crippen LogP contribution in [0.3, 0.4) is 0 Å². The van der Waals surface area contributed by atoms with Crippen molar-refractivity contribution in [2.24, 2.45) is 0 Å². The van der Waals surface area contributed by atoms with E-state index in [1.807, 2.05) is 50.2 Å². The summed E-state index contributed by atoms with van der Waals surface area (Å²) >= 11 is 0. The lowest BCUT2D eigenvalue weighted by Gasteiger charge is -2.14. The molecule has 0 unspecified atom stereocenters. The van der Waals surface area contributed by atoms with Crippen LogP contribution in [0.15, 0.2) is 85.7 Å². The Hall–Kier alpha value is -7.12. The maximum Gasteiger partial charge on any atom is 0.257 e. The number of aromatic amines is 4. The Morgan fingerprint density at radius 2 is 1.02 bits per heavy atom. The molecule has 2 aromatic carbocycles. The van der Waals surface area contributed by atoms with Crippen molar-refractivity contribution in [1.29, 1.82) is 0 Å². The fourth-order valence-corrected chi connectivity index (χ4v) is 6.52. The van der Waals surface area contributed by atoms with Gasteiger partial charge < -0.3 is 31.2 Å². The largest absolute Gasteiger partial charge is 0.348 e. The van der Waals surface area contributed by atoms with E-state index in [9.17, 15) is 17.6 Å². The summed E-state index contributed by atoms with van der Waals surface area (Å²) in [6, 6.07) is 18.4. The molecule has 0 bridgehead atoms. The summed E-state index contributed by atoms with van der Waals surface area (Å²) in [4.78, 5) is 32.0. The van der Waals surface area contributed by atoms with Crippen LogP contribution in [-0.2, 0) is 0 Å². The summed E-state index contributed by atoms with van der Waals surface area (Å²) < 4.78 is 52.8. The number of anilines is 6. The van der Waals surface area contributed by atoms with Crippen LogP contribution in [0.1, 0.15) is 73.1 Å². The molecule has 296 valence electrons. The standard InChI is InChI=1S/2C19H18F2N8/c2*1-10(11-2-3-13-15(6-11)24-9-23-13)25-18-22-5-4-16(27-18)26-17-7-14(28-29-17)12-8-19(12,20)21/h2*2-7,9-10,12H,8H2,1H3,(H,23,24)(H3,22,25,26,27,28,29)/t10-,12+;10-,12-/m00/s1. The third-order valence-electron chi connectivity index (χ3n) is 10.0. The molecule has 20 heteroatoms. The van der Waals surface area contributed by atoms with Crippen LogP contribution in [-0.4, -0.2) is 72.1 Å². The molecule has 16 nitrogen and oxygen atoms in total. The second-order valence-electron chi connectivity index (χ2n) is 14.3. The van der Waals surface area contributed by atoms with E-state index >= 15 is 0 Å². The van der Waals surface area contributed by atoms with Crippen LogP contribution in [0, 0.1) is 0 Å². The van der Waals surface area contributed by atoms with E-state index in [1.165, 1.54) is 0 Å². The molecule has 4 atom stereocenters. The van der Waals surface area contributed by atoms with Gasteiger partial charge in [0.25, 0.3) is 11.8 Å². The molecule has 6 aromatic heterocycles. The Bertz CT molecular complexity index is 2520. The lowest BCUT2D eigenvalue weighted by Crippen LogP contribution is -2.10. The summed E-state index contributed by atoms with van der Waals surface area (Å²) in [5, 5.41) is 26.0. The zero-order valence-corrected chi connectivity index (χ0v) is 30.9. The van der Waals surface area contributed by atoms with Crippen LogP contribution in [0.25, 0.3) is 22.1 Å². The van der Waals surface area contributed by atoms with Gasteiger partial charge in [-0.05, 0) is 61.4 Å². The Morgan fingerprint density at radius 1 is 0.586 bits per heavy atom. The van der Waals surface area contributed by atoms with Crippen molar-refractivity contribution in [2.75, 3.05) is 21.3 Å². The summed E-state index contributed by atoms with van der Waals surface area (Å²) in [5.74, 6) is -4.04. The highest BCUT2D eigenvalue weighted by molar-refractivity contribution is 5.76. The number of H-pyrrole nitrogens is 4. The molecule has 0 spiro atoms. The van der Waals surface area contributed by atoms with Crippen molar-refractivity contribution in [1.82, 2.24) is 60.3 Å². The Morgan fingerprint density at radius 3 is 1.43 bits per heavy atom. The number of nitrogens with one attached hydrogen (secondary N) is 8. The van der Waals surface area contributed by atoms with Crippen LogP contribution in [0.5, 0.6) is 0 Å². The molecule has 8 aromatic rings. The molecule has 2 aliphatic rings. The summed E-state index contributed by atoms with van der Waals surface area (Å²) in [7, 11) is 0. The molecular weight excluding hydrogens is 757 g/mol. The molecule has 0 amide bonds. The van der Waals surface area contributed by atoms with E-state index in [0.29, 0.717) is 46.6 Å². The third kappa shape index (κ3) is 7.93. The van der Waals surface area contributed by atoms with Gasteiger partial charge in [-0.25, -0.2) is 37.5 Å². The molecule has 58 heavy (non-hydrogen) atoms. The number of fused-ring (bicyclic) bond motifs is 2. The number of rotatable bonds is 12. The number of imidazole rings is 2. The molecule has 0 radical (unpaired) electrons. The SMILES string of the molecule is C[C@H](Nc1nccc(Nc2cc([C@@H]3CC3(F)F)[nH]n2)n1)c1ccc2nc[nH]c2c1.C[C@H](Nc1nccc(Nc2cc([C@H]3CC3(F)F)[nH]n2)n1)c1ccc2nc[nH]c2c1. The van der Waals surface area contributed by atoms with E-state index in [0.717, 1.165) is 33.2 Å². The van der Waals surface area contributed by atoms with Gasteiger partial charge in [0.2, 0.25) is 11.9 Å². The zero-order valence-electron chi connectivity index (χ0n) is 30.9. The lowest BCUT2D eigenvalue weighted by molar-refractivity contribution is 0.110. The van der Waals surface area contributed by atoms with Gasteiger partial charge in [-0.3, -0.25) is 10.2 Å². The first-order valence-electron chi connectivity index (χ1n) is 18.4. The average molecular weight is 793 g/mol. The number of benzene rings is 2. The van der Waals surface area contributed by atoms with Crippen molar-refractivity contribution < 1.29 is 17.6 Å². The summed E-state index contributed by atoms with van der Waals surface area (Å²) in [5.41, 5.74) is 6.71. The Kier molecular flexibility index (Phi) is 9.08. The highest BCUT2D eigenvalue weighted by Crippen LogP contribution is 2.56. The minimum Gasteiger partial charge on any atom is -0.348 e. The first-order valence-corrected chi connectivity index (χ1v) is 18.4. The van der Waals surface area contributed by atoms with Crippen LogP contribution in [0.2, 0.25) is 0 Å². The van der Waals surface area contributed by atoms with E-state index < -0.39 is 23.7 Å². The number of hydrogen-bond donors (Lipinski definition) is 8. The monoisotopic (exact) mass is 792 g/mol. The number of nitrogens with zero attached hydrogens (tertiary/aromatic N) is 8. The molecule has 10 rings (SSSR count). The number of halogens is 4. The Labute approximate surface area is 326 Å². The first kappa shape index (κ1) is 36.5. The van der Waals surface area contributed by atoms with E-state index in [1.54, 1.807) is 49.3 Å². The Balaban J connectivity index is 0.000000150. The molecule has 6 heterocycles.